The van der Waals surface area contributed by atoms with Crippen LogP contribution in [0.4, 0.5) is 5.69 Å². The van der Waals surface area contributed by atoms with Crippen molar-refractivity contribution in [2.75, 3.05) is 18.9 Å². The Morgan fingerprint density at radius 2 is 1.81 bits per heavy atom. The lowest BCUT2D eigenvalue weighted by Gasteiger charge is -2.15. The lowest BCUT2D eigenvalue weighted by molar-refractivity contribution is -0.885. The Balaban J connectivity index is 1.87. The number of halogens is 1. The van der Waals surface area contributed by atoms with E-state index in [1.54, 1.807) is 0 Å². The predicted molar refractivity (Wildman–Crippen MR) is 89.4 cm³/mol. The Kier molecular flexibility index (Phi) is 5.53. The molecule has 0 fully saturated rings. The summed E-state index contributed by atoms with van der Waals surface area (Å²) in [6, 6.07) is 15.9. The molecule has 0 aliphatic carbocycles. The smallest absolute Gasteiger partial charge is 0.279 e. The summed E-state index contributed by atoms with van der Waals surface area (Å²) < 4.78 is 1.00. The highest BCUT2D eigenvalue weighted by molar-refractivity contribution is 9.10. The molecule has 0 aromatic heterocycles. The molecule has 1 amide bonds. The first kappa shape index (κ1) is 15.7. The van der Waals surface area contributed by atoms with Crippen LogP contribution in [0, 0.1) is 6.92 Å². The first-order chi connectivity index (χ1) is 10.0. The summed E-state index contributed by atoms with van der Waals surface area (Å²) in [5.74, 6) is 0.0309. The average molecular weight is 348 g/mol. The molecule has 2 rings (SSSR count). The molecule has 0 radical (unpaired) electrons. The van der Waals surface area contributed by atoms with Gasteiger partial charge in [0.2, 0.25) is 0 Å². The van der Waals surface area contributed by atoms with Gasteiger partial charge in [0.15, 0.2) is 6.54 Å². The second kappa shape index (κ2) is 7.38. The van der Waals surface area contributed by atoms with Gasteiger partial charge in [-0.3, -0.25) is 4.79 Å². The van der Waals surface area contributed by atoms with Gasteiger partial charge in [0.25, 0.3) is 5.91 Å². The van der Waals surface area contributed by atoms with E-state index in [0.717, 1.165) is 16.7 Å². The number of hydrogen-bond acceptors (Lipinski definition) is 1. The Morgan fingerprint density at radius 3 is 2.48 bits per heavy atom. The molecular weight excluding hydrogens is 328 g/mol. The molecule has 2 aromatic rings. The molecule has 2 aromatic carbocycles. The SMILES string of the molecule is Cc1ccccc1C[NH+](C)CC(=O)Nc1ccc(Br)cc1. The van der Waals surface area contributed by atoms with Gasteiger partial charge in [-0.2, -0.15) is 0 Å². The summed E-state index contributed by atoms with van der Waals surface area (Å²) in [6.07, 6.45) is 0. The molecule has 0 bridgehead atoms. The van der Waals surface area contributed by atoms with Crippen LogP contribution in [0.15, 0.2) is 53.0 Å². The lowest BCUT2D eigenvalue weighted by Crippen LogP contribution is -3.08. The molecule has 21 heavy (non-hydrogen) atoms. The van der Waals surface area contributed by atoms with E-state index in [1.807, 2.05) is 43.4 Å². The summed E-state index contributed by atoms with van der Waals surface area (Å²) in [4.78, 5) is 13.2. The van der Waals surface area contributed by atoms with Crippen molar-refractivity contribution in [1.82, 2.24) is 0 Å². The largest absolute Gasteiger partial charge is 0.326 e. The molecule has 0 aliphatic heterocycles. The molecular formula is C17H20BrN2O+. The monoisotopic (exact) mass is 347 g/mol. The summed E-state index contributed by atoms with van der Waals surface area (Å²) >= 11 is 3.38. The van der Waals surface area contributed by atoms with Crippen LogP contribution in [-0.2, 0) is 11.3 Å². The number of hydrogen-bond donors (Lipinski definition) is 2. The van der Waals surface area contributed by atoms with Gasteiger partial charge in [0, 0.05) is 15.7 Å². The van der Waals surface area contributed by atoms with Gasteiger partial charge < -0.3 is 10.2 Å². The maximum atomic E-state index is 12.0. The predicted octanol–water partition coefficient (Wildman–Crippen LogP) is 2.41. The second-order valence-electron chi connectivity index (χ2n) is 5.29. The van der Waals surface area contributed by atoms with E-state index in [0.29, 0.717) is 6.54 Å². The van der Waals surface area contributed by atoms with E-state index >= 15 is 0 Å². The quantitative estimate of drug-likeness (QED) is 0.855. The molecule has 0 saturated heterocycles. The van der Waals surface area contributed by atoms with Crippen molar-refractivity contribution in [2.45, 2.75) is 13.5 Å². The number of aryl methyl sites for hydroxylation is 1. The van der Waals surface area contributed by atoms with E-state index in [1.165, 1.54) is 16.0 Å². The second-order valence-corrected chi connectivity index (χ2v) is 6.21. The normalized spacial score (nSPS) is 12.0. The number of anilines is 1. The van der Waals surface area contributed by atoms with Gasteiger partial charge in [-0.05, 0) is 36.8 Å². The number of benzene rings is 2. The molecule has 2 N–H and O–H groups in total. The molecule has 0 aliphatic rings. The minimum Gasteiger partial charge on any atom is -0.326 e. The van der Waals surface area contributed by atoms with Gasteiger partial charge in [0.05, 0.1) is 7.05 Å². The Labute approximate surface area is 134 Å². The number of quaternary nitrogens is 1. The maximum absolute atomic E-state index is 12.0. The van der Waals surface area contributed by atoms with Crippen molar-refractivity contribution in [1.29, 1.82) is 0 Å². The summed E-state index contributed by atoms with van der Waals surface area (Å²) in [6.45, 7) is 3.40. The zero-order valence-corrected chi connectivity index (χ0v) is 13.9. The van der Waals surface area contributed by atoms with Gasteiger partial charge in [-0.25, -0.2) is 0 Å². The Hall–Kier alpha value is -1.65. The summed E-state index contributed by atoms with van der Waals surface area (Å²) in [5.41, 5.74) is 3.38. The zero-order chi connectivity index (χ0) is 15.2. The van der Waals surface area contributed by atoms with Crippen LogP contribution in [0.1, 0.15) is 11.1 Å². The fourth-order valence-corrected chi connectivity index (χ4v) is 2.47. The van der Waals surface area contributed by atoms with Crippen molar-refractivity contribution in [3.05, 3.63) is 64.1 Å². The molecule has 1 atom stereocenters. The van der Waals surface area contributed by atoms with Crippen LogP contribution in [-0.4, -0.2) is 19.5 Å². The highest BCUT2D eigenvalue weighted by Gasteiger charge is 2.11. The highest BCUT2D eigenvalue weighted by atomic mass is 79.9. The topological polar surface area (TPSA) is 33.5 Å². The maximum Gasteiger partial charge on any atom is 0.279 e. The van der Waals surface area contributed by atoms with Crippen molar-refractivity contribution < 1.29 is 9.69 Å². The molecule has 1 unspecified atom stereocenters. The third-order valence-electron chi connectivity index (χ3n) is 3.34. The van der Waals surface area contributed by atoms with Crippen LogP contribution >= 0.6 is 15.9 Å². The van der Waals surface area contributed by atoms with E-state index in [4.69, 9.17) is 0 Å². The van der Waals surface area contributed by atoms with E-state index in [-0.39, 0.29) is 5.91 Å². The minimum absolute atomic E-state index is 0.0309. The number of likely N-dealkylation sites (N-methyl/N-ethyl adjacent to an activating group) is 1. The van der Waals surface area contributed by atoms with Crippen molar-refractivity contribution in [2.24, 2.45) is 0 Å². The fourth-order valence-electron chi connectivity index (χ4n) is 2.21. The molecule has 3 nitrogen and oxygen atoms in total. The first-order valence-corrected chi connectivity index (χ1v) is 7.75. The van der Waals surface area contributed by atoms with E-state index in [2.05, 4.69) is 40.3 Å². The molecule has 4 heteroatoms. The van der Waals surface area contributed by atoms with Gasteiger partial charge >= 0.3 is 0 Å². The fraction of sp³-hybridized carbons (Fsp3) is 0.235. The summed E-state index contributed by atoms with van der Waals surface area (Å²) in [7, 11) is 2.04. The Bertz CT molecular complexity index is 610. The summed E-state index contributed by atoms with van der Waals surface area (Å²) in [5, 5.41) is 2.92. The number of carbonyl (C=O) groups excluding carboxylic acids is 1. The standard InChI is InChI=1S/C17H19BrN2O/c1-13-5-3-4-6-14(13)11-20(2)12-17(21)19-16-9-7-15(18)8-10-16/h3-10H,11-12H2,1-2H3,(H,19,21)/p+1. The lowest BCUT2D eigenvalue weighted by atomic mass is 10.1. The Morgan fingerprint density at radius 1 is 1.14 bits per heavy atom. The van der Waals surface area contributed by atoms with Crippen LogP contribution in [0.5, 0.6) is 0 Å². The van der Waals surface area contributed by atoms with Crippen LogP contribution in [0.3, 0.4) is 0 Å². The molecule has 0 saturated carbocycles. The number of rotatable bonds is 5. The zero-order valence-electron chi connectivity index (χ0n) is 12.3. The van der Waals surface area contributed by atoms with Gasteiger partial charge in [-0.1, -0.05) is 40.2 Å². The number of carbonyl (C=O) groups is 1. The van der Waals surface area contributed by atoms with E-state index in [9.17, 15) is 4.79 Å². The van der Waals surface area contributed by atoms with Crippen molar-refractivity contribution in [3.8, 4) is 0 Å². The van der Waals surface area contributed by atoms with Crippen LogP contribution < -0.4 is 10.2 Å². The van der Waals surface area contributed by atoms with E-state index < -0.39 is 0 Å². The number of amides is 1. The average Bonchev–Trinajstić information content (AvgIpc) is 2.44. The number of nitrogens with one attached hydrogen (secondary N) is 2. The highest BCUT2D eigenvalue weighted by Crippen LogP contribution is 2.13. The van der Waals surface area contributed by atoms with Crippen LogP contribution in [0.2, 0.25) is 0 Å². The molecule has 0 spiro atoms. The van der Waals surface area contributed by atoms with Gasteiger partial charge in [0.1, 0.15) is 6.54 Å². The van der Waals surface area contributed by atoms with Crippen molar-refractivity contribution >= 4 is 27.5 Å². The van der Waals surface area contributed by atoms with Crippen LogP contribution in [0.25, 0.3) is 0 Å². The van der Waals surface area contributed by atoms with Crippen molar-refractivity contribution in [3.63, 3.8) is 0 Å². The third-order valence-corrected chi connectivity index (χ3v) is 3.87. The molecule has 0 heterocycles. The first-order valence-electron chi connectivity index (χ1n) is 6.96. The third kappa shape index (κ3) is 4.99. The van der Waals surface area contributed by atoms with Gasteiger partial charge in [-0.15, -0.1) is 0 Å². The minimum atomic E-state index is 0.0309. The molecule has 110 valence electrons.